The van der Waals surface area contributed by atoms with Crippen LogP contribution in [0.25, 0.3) is 0 Å². The molecule has 2 nitrogen and oxygen atoms in total. The predicted molar refractivity (Wildman–Crippen MR) is 80.0 cm³/mol. The Morgan fingerprint density at radius 2 is 2.00 bits per heavy atom. The van der Waals surface area contributed by atoms with Gasteiger partial charge >= 0.3 is 0 Å². The Labute approximate surface area is 116 Å². The highest BCUT2D eigenvalue weighted by Gasteiger charge is 2.10. The number of ether oxygens (including phenoxy) is 2. The molecule has 1 aromatic rings. The normalized spacial score (nSPS) is 14.1. The Hall–Kier alpha value is -0.830. The van der Waals surface area contributed by atoms with Crippen LogP contribution in [0.1, 0.15) is 44.4 Å². The summed E-state index contributed by atoms with van der Waals surface area (Å²) in [5.74, 6) is 2.47. The molecule has 1 aromatic carbocycles. The molecule has 2 atom stereocenters. The van der Waals surface area contributed by atoms with Crippen LogP contribution in [0.3, 0.4) is 0 Å². The van der Waals surface area contributed by atoms with Crippen LogP contribution in [0.2, 0.25) is 0 Å². The van der Waals surface area contributed by atoms with Crippen LogP contribution in [0.4, 0.5) is 0 Å². The summed E-state index contributed by atoms with van der Waals surface area (Å²) in [7, 11) is 1.67. The highest BCUT2D eigenvalue weighted by Crippen LogP contribution is 2.32. The second-order valence-electron chi connectivity index (χ2n) is 4.73. The van der Waals surface area contributed by atoms with Crippen molar-refractivity contribution in [2.45, 2.75) is 38.9 Å². The van der Waals surface area contributed by atoms with Crippen LogP contribution < -0.4 is 9.47 Å². The van der Waals surface area contributed by atoms with Gasteiger partial charge in [0.2, 0.25) is 0 Å². The van der Waals surface area contributed by atoms with E-state index >= 15 is 0 Å². The van der Waals surface area contributed by atoms with E-state index in [4.69, 9.17) is 9.47 Å². The van der Waals surface area contributed by atoms with Gasteiger partial charge in [-0.25, -0.2) is 0 Å². The Balaban J connectivity index is 2.69. The van der Waals surface area contributed by atoms with Crippen LogP contribution in [-0.4, -0.2) is 13.7 Å². The molecule has 0 radical (unpaired) electrons. The maximum atomic E-state index is 5.87. The number of thiol groups is 1. The zero-order chi connectivity index (χ0) is 13.5. The SMILES string of the molecule is CCC(C)CCOc1ccc(OC)cc1C(C)S. The summed E-state index contributed by atoms with van der Waals surface area (Å²) in [6, 6.07) is 5.89. The molecule has 102 valence electrons. The molecule has 0 spiro atoms. The zero-order valence-electron chi connectivity index (χ0n) is 11.8. The minimum atomic E-state index is 0.138. The van der Waals surface area contributed by atoms with E-state index in [1.807, 2.05) is 25.1 Å². The van der Waals surface area contributed by atoms with Gasteiger partial charge in [0.15, 0.2) is 0 Å². The van der Waals surface area contributed by atoms with Crippen molar-refractivity contribution in [1.29, 1.82) is 0 Å². The summed E-state index contributed by atoms with van der Waals surface area (Å²) in [4.78, 5) is 0. The van der Waals surface area contributed by atoms with Gasteiger partial charge in [0.1, 0.15) is 11.5 Å². The highest BCUT2D eigenvalue weighted by molar-refractivity contribution is 7.80. The quantitative estimate of drug-likeness (QED) is 0.734. The largest absolute Gasteiger partial charge is 0.497 e. The Bertz CT molecular complexity index is 364. The summed E-state index contributed by atoms with van der Waals surface area (Å²) >= 11 is 4.49. The molecule has 0 N–H and O–H groups in total. The van der Waals surface area contributed by atoms with Crippen LogP contribution in [0, 0.1) is 5.92 Å². The maximum Gasteiger partial charge on any atom is 0.123 e. The third-order valence-corrected chi connectivity index (χ3v) is 3.51. The van der Waals surface area contributed by atoms with Gasteiger partial charge in [0.25, 0.3) is 0 Å². The van der Waals surface area contributed by atoms with Gasteiger partial charge in [-0.15, -0.1) is 0 Å². The van der Waals surface area contributed by atoms with Gasteiger partial charge in [-0.1, -0.05) is 20.3 Å². The smallest absolute Gasteiger partial charge is 0.123 e. The van der Waals surface area contributed by atoms with E-state index in [1.54, 1.807) is 7.11 Å². The maximum absolute atomic E-state index is 5.87. The fraction of sp³-hybridized carbons (Fsp3) is 0.600. The van der Waals surface area contributed by atoms with Gasteiger partial charge in [-0.2, -0.15) is 12.6 Å². The van der Waals surface area contributed by atoms with Crippen molar-refractivity contribution < 1.29 is 9.47 Å². The summed E-state index contributed by atoms with van der Waals surface area (Å²) in [5.41, 5.74) is 1.09. The lowest BCUT2D eigenvalue weighted by Gasteiger charge is -2.16. The van der Waals surface area contributed by atoms with Gasteiger partial charge in [-0.3, -0.25) is 0 Å². The molecule has 0 amide bonds. The predicted octanol–water partition coefficient (Wildman–Crippen LogP) is 4.50. The summed E-state index contributed by atoms with van der Waals surface area (Å²) in [5, 5.41) is 0.138. The molecule has 0 aliphatic carbocycles. The standard InChI is InChI=1S/C15H24O2S/c1-5-11(2)8-9-17-15-7-6-13(16-4)10-14(15)12(3)18/h6-7,10-12,18H,5,8-9H2,1-4H3. The molecule has 18 heavy (non-hydrogen) atoms. The lowest BCUT2D eigenvalue weighted by atomic mass is 10.1. The fourth-order valence-corrected chi connectivity index (χ4v) is 1.89. The molecule has 0 saturated carbocycles. The van der Waals surface area contributed by atoms with Crippen molar-refractivity contribution in [3.63, 3.8) is 0 Å². The third kappa shape index (κ3) is 4.45. The average molecular weight is 268 g/mol. The lowest BCUT2D eigenvalue weighted by molar-refractivity contribution is 0.279. The Morgan fingerprint density at radius 1 is 1.28 bits per heavy atom. The number of hydrogen-bond donors (Lipinski definition) is 1. The first-order valence-corrected chi connectivity index (χ1v) is 7.08. The second kappa shape index (κ2) is 7.57. The highest BCUT2D eigenvalue weighted by atomic mass is 32.1. The minimum absolute atomic E-state index is 0.138. The van der Waals surface area contributed by atoms with Crippen molar-refractivity contribution in [2.24, 2.45) is 5.92 Å². The molecular weight excluding hydrogens is 244 g/mol. The fourth-order valence-electron chi connectivity index (χ4n) is 1.69. The summed E-state index contributed by atoms with van der Waals surface area (Å²) < 4.78 is 11.1. The van der Waals surface area contributed by atoms with E-state index < -0.39 is 0 Å². The van der Waals surface area contributed by atoms with Crippen LogP contribution >= 0.6 is 12.6 Å². The van der Waals surface area contributed by atoms with Crippen molar-refractivity contribution in [3.05, 3.63) is 23.8 Å². The van der Waals surface area contributed by atoms with Gasteiger partial charge in [0, 0.05) is 10.8 Å². The third-order valence-electron chi connectivity index (χ3n) is 3.23. The molecule has 0 aromatic heterocycles. The molecule has 1 rings (SSSR count). The molecule has 0 saturated heterocycles. The topological polar surface area (TPSA) is 18.5 Å². The minimum Gasteiger partial charge on any atom is -0.497 e. The second-order valence-corrected chi connectivity index (χ2v) is 5.50. The Morgan fingerprint density at radius 3 is 2.56 bits per heavy atom. The van der Waals surface area contributed by atoms with Crippen molar-refractivity contribution in [3.8, 4) is 11.5 Å². The van der Waals surface area contributed by atoms with E-state index in [9.17, 15) is 0 Å². The van der Waals surface area contributed by atoms with Crippen molar-refractivity contribution in [1.82, 2.24) is 0 Å². The monoisotopic (exact) mass is 268 g/mol. The van der Waals surface area contributed by atoms with Crippen LogP contribution in [0.15, 0.2) is 18.2 Å². The number of rotatable bonds is 7. The first-order chi connectivity index (χ1) is 8.58. The van der Waals surface area contributed by atoms with Crippen molar-refractivity contribution in [2.75, 3.05) is 13.7 Å². The van der Waals surface area contributed by atoms with E-state index in [0.717, 1.165) is 30.1 Å². The van der Waals surface area contributed by atoms with E-state index in [-0.39, 0.29) is 5.25 Å². The summed E-state index contributed by atoms with van der Waals surface area (Å²) in [6.07, 6.45) is 2.28. The molecule has 2 unspecified atom stereocenters. The number of benzene rings is 1. The van der Waals surface area contributed by atoms with Gasteiger partial charge in [0.05, 0.1) is 13.7 Å². The van der Waals surface area contributed by atoms with Crippen LogP contribution in [-0.2, 0) is 0 Å². The van der Waals surface area contributed by atoms with E-state index in [2.05, 4.69) is 26.5 Å². The lowest BCUT2D eigenvalue weighted by Crippen LogP contribution is -2.05. The molecule has 3 heteroatoms. The van der Waals surface area contributed by atoms with Crippen molar-refractivity contribution >= 4 is 12.6 Å². The van der Waals surface area contributed by atoms with Crippen LogP contribution in [0.5, 0.6) is 11.5 Å². The first-order valence-electron chi connectivity index (χ1n) is 6.57. The molecular formula is C15H24O2S. The Kier molecular flexibility index (Phi) is 6.41. The summed E-state index contributed by atoms with van der Waals surface area (Å²) in [6.45, 7) is 7.26. The number of hydrogen-bond acceptors (Lipinski definition) is 3. The molecule has 0 aliphatic rings. The number of methoxy groups -OCH3 is 1. The average Bonchev–Trinajstić information content (AvgIpc) is 2.38. The molecule has 0 fully saturated rings. The van der Waals surface area contributed by atoms with Gasteiger partial charge < -0.3 is 9.47 Å². The molecule has 0 aliphatic heterocycles. The van der Waals surface area contributed by atoms with E-state index in [0.29, 0.717) is 5.92 Å². The zero-order valence-corrected chi connectivity index (χ0v) is 12.7. The molecule has 0 bridgehead atoms. The van der Waals surface area contributed by atoms with E-state index in [1.165, 1.54) is 6.42 Å². The van der Waals surface area contributed by atoms with Gasteiger partial charge in [-0.05, 0) is 37.5 Å². The molecule has 0 heterocycles. The first kappa shape index (κ1) is 15.2.